The van der Waals surface area contributed by atoms with E-state index in [0.29, 0.717) is 0 Å². The topological polar surface area (TPSA) is 51.6 Å². The largest absolute Gasteiger partial charge is 0.251 e. The zero-order valence-corrected chi connectivity index (χ0v) is 22.6. The molecule has 0 aliphatic rings. The normalized spacial score (nSPS) is 11.4. The van der Waals surface area contributed by atoms with Crippen LogP contribution in [0.1, 0.15) is 25.2 Å². The second-order valence-corrected chi connectivity index (χ2v) is 10.1. The Hall–Kier alpha value is -4.96. The van der Waals surface area contributed by atoms with E-state index >= 15 is 0 Å². The summed E-state index contributed by atoms with van der Waals surface area (Å²) in [6.07, 6.45) is 1.78. The predicted molar refractivity (Wildman–Crippen MR) is 165 cm³/mol. The summed E-state index contributed by atoms with van der Waals surface area (Å²) in [6, 6.07) is 37.9. The van der Waals surface area contributed by atoms with E-state index in [0.717, 1.165) is 90.7 Å². The second-order valence-electron chi connectivity index (χ2n) is 10.1. The molecule has 7 aromatic rings. The fraction of sp³-hybridized carbons (Fsp3) is 0.111. The van der Waals surface area contributed by atoms with Crippen LogP contribution in [0.3, 0.4) is 0 Å². The van der Waals surface area contributed by atoms with Crippen LogP contribution in [0.4, 0.5) is 0 Å². The lowest BCUT2D eigenvalue weighted by atomic mass is 9.94. The number of para-hydroxylation sites is 2. The smallest absolute Gasteiger partial charge is 0.0974 e. The molecule has 0 atom stereocenters. The molecule has 192 valence electrons. The zero-order valence-electron chi connectivity index (χ0n) is 22.6. The number of benzene rings is 4. The van der Waals surface area contributed by atoms with Crippen LogP contribution in [0.5, 0.6) is 0 Å². The molecule has 4 nitrogen and oxygen atoms in total. The molecule has 4 aromatic carbocycles. The minimum absolute atomic E-state index is 0.873. The molecule has 4 heteroatoms. The fourth-order valence-corrected chi connectivity index (χ4v) is 5.41. The van der Waals surface area contributed by atoms with Gasteiger partial charge in [-0.25, -0.2) is 9.97 Å². The maximum Gasteiger partial charge on any atom is 0.0974 e. The van der Waals surface area contributed by atoms with E-state index in [4.69, 9.17) is 19.9 Å². The minimum atomic E-state index is 0.873. The summed E-state index contributed by atoms with van der Waals surface area (Å²) in [5, 5.41) is 2.21. The summed E-state index contributed by atoms with van der Waals surface area (Å²) in [5.41, 5.74) is 11.9. The van der Waals surface area contributed by atoms with Gasteiger partial charge in [-0.05, 0) is 60.4 Å². The van der Waals surface area contributed by atoms with Crippen LogP contribution in [0.15, 0.2) is 109 Å². The Labute approximate surface area is 233 Å². The van der Waals surface area contributed by atoms with Crippen molar-refractivity contribution in [3.05, 3.63) is 121 Å². The Morgan fingerprint density at radius 3 is 1.80 bits per heavy atom. The van der Waals surface area contributed by atoms with E-state index < -0.39 is 0 Å². The summed E-state index contributed by atoms with van der Waals surface area (Å²) in [6.45, 7) is 4.28. The van der Waals surface area contributed by atoms with Gasteiger partial charge >= 0.3 is 0 Å². The number of fused-ring (bicyclic) bond motifs is 4. The quantitative estimate of drug-likeness (QED) is 0.214. The highest BCUT2D eigenvalue weighted by molar-refractivity contribution is 6.10. The molecular weight excluding hydrogens is 488 g/mol. The van der Waals surface area contributed by atoms with Gasteiger partial charge in [-0.3, -0.25) is 9.97 Å². The molecule has 0 aliphatic carbocycles. The average Bonchev–Trinajstić information content (AvgIpc) is 3.03. The Balaban J connectivity index is 1.47. The van der Waals surface area contributed by atoms with Gasteiger partial charge in [0.25, 0.3) is 0 Å². The molecule has 0 spiro atoms. The molecule has 0 unspecified atom stereocenters. The number of hydrogen-bond donors (Lipinski definition) is 0. The Morgan fingerprint density at radius 1 is 0.475 bits per heavy atom. The maximum absolute atomic E-state index is 5.13. The lowest BCUT2D eigenvalue weighted by molar-refractivity contribution is 1.05. The molecule has 3 aromatic heterocycles. The van der Waals surface area contributed by atoms with Crippen LogP contribution < -0.4 is 0 Å². The van der Waals surface area contributed by atoms with Crippen LogP contribution in [-0.2, 0) is 12.8 Å². The van der Waals surface area contributed by atoms with Crippen LogP contribution in [-0.4, -0.2) is 19.9 Å². The Bertz CT molecular complexity index is 2030. The molecular formula is C36H28N4. The van der Waals surface area contributed by atoms with E-state index in [1.165, 1.54) is 0 Å². The third kappa shape index (κ3) is 4.18. The van der Waals surface area contributed by atoms with Crippen LogP contribution in [0, 0.1) is 0 Å². The van der Waals surface area contributed by atoms with E-state index in [2.05, 4.69) is 80.6 Å². The highest BCUT2D eigenvalue weighted by atomic mass is 14.8. The lowest BCUT2D eigenvalue weighted by Crippen LogP contribution is -1.97. The maximum atomic E-state index is 5.13. The minimum Gasteiger partial charge on any atom is -0.251 e. The van der Waals surface area contributed by atoms with Gasteiger partial charge in [-0.2, -0.15) is 0 Å². The first-order valence-corrected chi connectivity index (χ1v) is 13.9. The van der Waals surface area contributed by atoms with Crippen molar-refractivity contribution in [3.8, 4) is 33.6 Å². The molecule has 40 heavy (non-hydrogen) atoms. The number of nitrogens with zero attached hydrogens (tertiary/aromatic N) is 4. The summed E-state index contributed by atoms with van der Waals surface area (Å²) < 4.78 is 0. The zero-order chi connectivity index (χ0) is 27.1. The van der Waals surface area contributed by atoms with E-state index in [1.54, 1.807) is 0 Å². The summed E-state index contributed by atoms with van der Waals surface area (Å²) in [7, 11) is 0. The monoisotopic (exact) mass is 516 g/mol. The molecule has 0 radical (unpaired) electrons. The third-order valence-electron chi connectivity index (χ3n) is 7.54. The Kier molecular flexibility index (Phi) is 6.01. The first-order chi connectivity index (χ1) is 19.7. The highest BCUT2D eigenvalue weighted by Gasteiger charge is 2.16. The molecule has 0 saturated carbocycles. The fourth-order valence-electron chi connectivity index (χ4n) is 5.41. The van der Waals surface area contributed by atoms with Gasteiger partial charge in [0.2, 0.25) is 0 Å². The third-order valence-corrected chi connectivity index (χ3v) is 7.54. The molecule has 7 rings (SSSR count). The van der Waals surface area contributed by atoms with E-state index in [-0.39, 0.29) is 0 Å². The number of aryl methyl sites for hydroxylation is 2. The molecule has 0 N–H and O–H groups in total. The second kappa shape index (κ2) is 9.97. The van der Waals surface area contributed by atoms with Crippen LogP contribution in [0.25, 0.3) is 66.5 Å². The predicted octanol–water partition coefficient (Wildman–Crippen LogP) is 8.85. The van der Waals surface area contributed by atoms with Crippen molar-refractivity contribution in [2.24, 2.45) is 0 Å². The van der Waals surface area contributed by atoms with E-state index in [1.807, 2.05) is 42.5 Å². The Morgan fingerprint density at radius 2 is 1.07 bits per heavy atom. The van der Waals surface area contributed by atoms with Crippen molar-refractivity contribution in [1.82, 2.24) is 19.9 Å². The van der Waals surface area contributed by atoms with Gasteiger partial charge in [-0.15, -0.1) is 0 Å². The summed E-state index contributed by atoms with van der Waals surface area (Å²) in [5.74, 6) is 0. The van der Waals surface area contributed by atoms with Gasteiger partial charge in [-0.1, -0.05) is 86.6 Å². The molecule has 0 fully saturated rings. The van der Waals surface area contributed by atoms with Crippen molar-refractivity contribution in [3.63, 3.8) is 0 Å². The van der Waals surface area contributed by atoms with Gasteiger partial charge in [0.1, 0.15) is 0 Å². The number of pyridine rings is 2. The molecule has 0 bridgehead atoms. The molecule has 0 saturated heterocycles. The molecule has 0 aliphatic heterocycles. The standard InChI is InChI=1S/C36H28N4/c1-3-27-18-17-26-22-30(29-20-19-28(4-2)38-36(29)35(26)37-27)24-13-10-14-25(21-24)34-33(23-11-6-5-7-12-23)39-31-15-8-9-16-32(31)40-34/h5-22H,3-4H2,1-2H3. The first kappa shape index (κ1) is 24.1. The number of aromatic nitrogens is 4. The van der Waals surface area contributed by atoms with Gasteiger partial charge < -0.3 is 0 Å². The summed E-state index contributed by atoms with van der Waals surface area (Å²) in [4.78, 5) is 20.3. The van der Waals surface area contributed by atoms with Gasteiger partial charge in [0.15, 0.2) is 0 Å². The number of rotatable bonds is 5. The van der Waals surface area contributed by atoms with Crippen molar-refractivity contribution < 1.29 is 0 Å². The SMILES string of the molecule is CCc1ccc2cc(-c3cccc(-c4nc5ccccc5nc4-c4ccccc4)c3)c3ccc(CC)nc3c2n1. The average molecular weight is 517 g/mol. The first-order valence-electron chi connectivity index (χ1n) is 13.9. The highest BCUT2D eigenvalue weighted by Crippen LogP contribution is 2.37. The van der Waals surface area contributed by atoms with Gasteiger partial charge in [0.05, 0.1) is 33.5 Å². The van der Waals surface area contributed by atoms with E-state index in [9.17, 15) is 0 Å². The lowest BCUT2D eigenvalue weighted by Gasteiger charge is -2.14. The van der Waals surface area contributed by atoms with Crippen LogP contribution >= 0.6 is 0 Å². The van der Waals surface area contributed by atoms with Gasteiger partial charge in [0, 0.05) is 33.3 Å². The van der Waals surface area contributed by atoms with Crippen molar-refractivity contribution >= 4 is 32.8 Å². The van der Waals surface area contributed by atoms with Crippen molar-refractivity contribution in [1.29, 1.82) is 0 Å². The molecule has 0 amide bonds. The van der Waals surface area contributed by atoms with Crippen LogP contribution in [0.2, 0.25) is 0 Å². The summed E-state index contributed by atoms with van der Waals surface area (Å²) >= 11 is 0. The molecule has 3 heterocycles. The van der Waals surface area contributed by atoms with Crippen molar-refractivity contribution in [2.45, 2.75) is 26.7 Å². The van der Waals surface area contributed by atoms with Crippen molar-refractivity contribution in [2.75, 3.05) is 0 Å². The number of hydrogen-bond acceptors (Lipinski definition) is 4.